The van der Waals surface area contributed by atoms with E-state index in [1.54, 1.807) is 0 Å². The number of nitrogens with one attached hydrogen (secondary N) is 1. The van der Waals surface area contributed by atoms with Crippen LogP contribution < -0.4 is 5.32 Å². The maximum Gasteiger partial charge on any atom is 0.0249 e. The van der Waals surface area contributed by atoms with Gasteiger partial charge in [-0.2, -0.15) is 0 Å². The van der Waals surface area contributed by atoms with Crippen molar-refractivity contribution in [1.29, 1.82) is 0 Å². The Balaban J connectivity index is 2.54. The molecule has 0 saturated heterocycles. The molecule has 0 bridgehead atoms. The standard InChI is InChI=1S/C16H35N3/c1-6-8-14-9-10-15(17-7-2)16(13-14)19(5)12-11-18(3)4/h14-17H,6-13H2,1-5H3. The molecule has 3 atom stereocenters. The Bertz CT molecular complexity index is 230. The Labute approximate surface area is 120 Å². The molecule has 0 spiro atoms. The normalized spacial score (nSPS) is 28.3. The zero-order chi connectivity index (χ0) is 14.3. The van der Waals surface area contributed by atoms with E-state index in [0.717, 1.165) is 25.0 Å². The van der Waals surface area contributed by atoms with Crippen molar-refractivity contribution in [2.24, 2.45) is 5.92 Å². The molecule has 3 unspecified atom stereocenters. The summed E-state index contributed by atoms with van der Waals surface area (Å²) in [6, 6.07) is 1.43. The maximum absolute atomic E-state index is 3.71. The highest BCUT2D eigenvalue weighted by molar-refractivity contribution is 4.90. The van der Waals surface area contributed by atoms with Crippen molar-refractivity contribution in [3.63, 3.8) is 0 Å². The van der Waals surface area contributed by atoms with E-state index in [9.17, 15) is 0 Å². The first kappa shape index (κ1) is 16.9. The van der Waals surface area contributed by atoms with E-state index in [0.29, 0.717) is 6.04 Å². The highest BCUT2D eigenvalue weighted by Crippen LogP contribution is 2.30. The van der Waals surface area contributed by atoms with Gasteiger partial charge in [0.1, 0.15) is 0 Å². The first-order chi connectivity index (χ1) is 9.08. The van der Waals surface area contributed by atoms with Crippen molar-refractivity contribution in [3.8, 4) is 0 Å². The molecule has 0 heterocycles. The molecule has 0 aliphatic heterocycles. The molecule has 114 valence electrons. The predicted octanol–water partition coefficient (Wildman–Crippen LogP) is 2.43. The Morgan fingerprint density at radius 3 is 2.37 bits per heavy atom. The van der Waals surface area contributed by atoms with Gasteiger partial charge in [-0.1, -0.05) is 26.7 Å². The third-order valence-electron chi connectivity index (χ3n) is 4.55. The lowest BCUT2D eigenvalue weighted by atomic mass is 9.79. The molecule has 3 nitrogen and oxygen atoms in total. The van der Waals surface area contributed by atoms with Crippen LogP contribution in [0.3, 0.4) is 0 Å². The van der Waals surface area contributed by atoms with Crippen LogP contribution in [-0.4, -0.2) is 62.7 Å². The number of likely N-dealkylation sites (N-methyl/N-ethyl adjacent to an activating group) is 3. The second kappa shape index (κ2) is 8.93. The van der Waals surface area contributed by atoms with Gasteiger partial charge in [0.05, 0.1) is 0 Å². The van der Waals surface area contributed by atoms with Gasteiger partial charge in [0.25, 0.3) is 0 Å². The van der Waals surface area contributed by atoms with Crippen LogP contribution in [-0.2, 0) is 0 Å². The molecule has 0 amide bonds. The van der Waals surface area contributed by atoms with Crippen molar-refractivity contribution in [3.05, 3.63) is 0 Å². The summed E-state index contributed by atoms with van der Waals surface area (Å²) >= 11 is 0. The van der Waals surface area contributed by atoms with Gasteiger partial charge < -0.3 is 15.1 Å². The lowest BCUT2D eigenvalue weighted by Gasteiger charge is -2.42. The molecule has 1 N–H and O–H groups in total. The van der Waals surface area contributed by atoms with Crippen LogP contribution in [0.1, 0.15) is 46.0 Å². The number of rotatable bonds is 8. The summed E-state index contributed by atoms with van der Waals surface area (Å²) in [6.07, 6.45) is 6.91. The third-order valence-corrected chi connectivity index (χ3v) is 4.55. The third kappa shape index (κ3) is 5.80. The number of hydrogen-bond donors (Lipinski definition) is 1. The topological polar surface area (TPSA) is 18.5 Å². The molecule has 3 heteroatoms. The van der Waals surface area contributed by atoms with Gasteiger partial charge in [-0.05, 0) is 52.9 Å². The largest absolute Gasteiger partial charge is 0.313 e. The molecule has 0 aromatic rings. The molecule has 0 radical (unpaired) electrons. The Morgan fingerprint density at radius 2 is 1.79 bits per heavy atom. The fourth-order valence-corrected chi connectivity index (χ4v) is 3.41. The first-order valence-electron chi connectivity index (χ1n) is 8.16. The van der Waals surface area contributed by atoms with E-state index in [4.69, 9.17) is 0 Å². The van der Waals surface area contributed by atoms with E-state index in [2.05, 4.69) is 50.1 Å². The van der Waals surface area contributed by atoms with E-state index in [1.165, 1.54) is 38.6 Å². The molecule has 0 aromatic heterocycles. The van der Waals surface area contributed by atoms with E-state index < -0.39 is 0 Å². The fraction of sp³-hybridized carbons (Fsp3) is 1.00. The second-order valence-electron chi connectivity index (χ2n) is 6.48. The van der Waals surface area contributed by atoms with Gasteiger partial charge in [-0.25, -0.2) is 0 Å². The fourth-order valence-electron chi connectivity index (χ4n) is 3.41. The number of nitrogens with zero attached hydrogens (tertiary/aromatic N) is 2. The van der Waals surface area contributed by atoms with E-state index >= 15 is 0 Å². The van der Waals surface area contributed by atoms with Crippen LogP contribution in [0.2, 0.25) is 0 Å². The summed E-state index contributed by atoms with van der Waals surface area (Å²) in [5.41, 5.74) is 0. The van der Waals surface area contributed by atoms with Gasteiger partial charge >= 0.3 is 0 Å². The zero-order valence-electron chi connectivity index (χ0n) is 13.8. The molecule has 1 saturated carbocycles. The highest BCUT2D eigenvalue weighted by Gasteiger charge is 2.31. The minimum absolute atomic E-state index is 0.699. The van der Waals surface area contributed by atoms with Crippen LogP contribution in [0.15, 0.2) is 0 Å². The summed E-state index contributed by atoms with van der Waals surface area (Å²) in [5.74, 6) is 0.951. The van der Waals surface area contributed by atoms with Gasteiger partial charge in [-0.3, -0.25) is 0 Å². The summed E-state index contributed by atoms with van der Waals surface area (Å²) < 4.78 is 0. The van der Waals surface area contributed by atoms with Gasteiger partial charge in [-0.15, -0.1) is 0 Å². The molecule has 1 rings (SSSR count). The van der Waals surface area contributed by atoms with Crippen LogP contribution in [0, 0.1) is 5.92 Å². The van der Waals surface area contributed by atoms with Crippen molar-refractivity contribution < 1.29 is 0 Å². The SMILES string of the molecule is CCCC1CCC(NCC)C(N(C)CCN(C)C)C1. The van der Waals surface area contributed by atoms with Gasteiger partial charge in [0, 0.05) is 25.2 Å². The van der Waals surface area contributed by atoms with Gasteiger partial charge in [0.15, 0.2) is 0 Å². The smallest absolute Gasteiger partial charge is 0.0249 e. The second-order valence-corrected chi connectivity index (χ2v) is 6.48. The zero-order valence-corrected chi connectivity index (χ0v) is 13.8. The molecular weight excluding hydrogens is 234 g/mol. The van der Waals surface area contributed by atoms with Crippen LogP contribution >= 0.6 is 0 Å². The van der Waals surface area contributed by atoms with Crippen molar-refractivity contribution in [2.75, 3.05) is 40.8 Å². The van der Waals surface area contributed by atoms with Crippen molar-refractivity contribution in [1.82, 2.24) is 15.1 Å². The summed E-state index contributed by atoms with van der Waals surface area (Å²) in [4.78, 5) is 4.88. The summed E-state index contributed by atoms with van der Waals surface area (Å²) in [5, 5.41) is 3.71. The highest BCUT2D eigenvalue weighted by atomic mass is 15.2. The monoisotopic (exact) mass is 269 g/mol. The molecular formula is C16H35N3. The predicted molar refractivity (Wildman–Crippen MR) is 84.7 cm³/mol. The minimum atomic E-state index is 0.699. The van der Waals surface area contributed by atoms with E-state index in [-0.39, 0.29) is 0 Å². The van der Waals surface area contributed by atoms with Crippen molar-refractivity contribution in [2.45, 2.75) is 58.0 Å². The Kier molecular flexibility index (Phi) is 7.96. The average Bonchev–Trinajstić information content (AvgIpc) is 2.38. The maximum atomic E-state index is 3.71. The Hall–Kier alpha value is -0.120. The first-order valence-corrected chi connectivity index (χ1v) is 8.16. The lowest BCUT2D eigenvalue weighted by Crippen LogP contribution is -2.53. The minimum Gasteiger partial charge on any atom is -0.313 e. The summed E-state index contributed by atoms with van der Waals surface area (Å²) in [6.45, 7) is 7.99. The molecule has 19 heavy (non-hydrogen) atoms. The quantitative estimate of drug-likeness (QED) is 0.730. The van der Waals surface area contributed by atoms with Crippen molar-refractivity contribution >= 4 is 0 Å². The lowest BCUT2D eigenvalue weighted by molar-refractivity contribution is 0.110. The number of hydrogen-bond acceptors (Lipinski definition) is 3. The van der Waals surface area contributed by atoms with E-state index in [1.807, 2.05) is 0 Å². The van der Waals surface area contributed by atoms with Crippen LogP contribution in [0.4, 0.5) is 0 Å². The van der Waals surface area contributed by atoms with Gasteiger partial charge in [0.2, 0.25) is 0 Å². The molecule has 1 fully saturated rings. The average molecular weight is 269 g/mol. The molecule has 1 aliphatic carbocycles. The molecule has 1 aliphatic rings. The Morgan fingerprint density at radius 1 is 1.05 bits per heavy atom. The summed E-state index contributed by atoms with van der Waals surface area (Å²) in [7, 11) is 6.64. The molecule has 0 aromatic carbocycles. The van der Waals surface area contributed by atoms with Crippen LogP contribution in [0.5, 0.6) is 0 Å². The van der Waals surface area contributed by atoms with Crippen LogP contribution in [0.25, 0.3) is 0 Å².